The standard InChI is InChI=1S/C14H10ClNO5/c1-8-4-10(16(19)20)7-11(5-8)21-13-6-9(15)2-3-12(13)14(17)18/h2-7H,1H3,(H,17,18). The van der Waals surface area contributed by atoms with Crippen molar-refractivity contribution in [3.8, 4) is 11.5 Å². The molecule has 21 heavy (non-hydrogen) atoms. The van der Waals surface area contributed by atoms with E-state index in [0.717, 1.165) is 0 Å². The number of hydrogen-bond donors (Lipinski definition) is 1. The summed E-state index contributed by atoms with van der Waals surface area (Å²) >= 11 is 5.82. The number of aromatic carboxylic acids is 1. The van der Waals surface area contributed by atoms with E-state index in [0.29, 0.717) is 10.6 Å². The van der Waals surface area contributed by atoms with Crippen LogP contribution in [-0.2, 0) is 0 Å². The lowest BCUT2D eigenvalue weighted by Gasteiger charge is -2.09. The lowest BCUT2D eigenvalue weighted by Crippen LogP contribution is -2.00. The average Bonchev–Trinajstić information content (AvgIpc) is 2.37. The molecule has 0 aromatic heterocycles. The highest BCUT2D eigenvalue weighted by Crippen LogP contribution is 2.31. The van der Waals surface area contributed by atoms with Gasteiger partial charge in [0.15, 0.2) is 0 Å². The molecule has 2 aromatic rings. The van der Waals surface area contributed by atoms with Crippen LogP contribution >= 0.6 is 11.6 Å². The fourth-order valence-electron chi connectivity index (χ4n) is 1.78. The largest absolute Gasteiger partial charge is 0.478 e. The summed E-state index contributed by atoms with van der Waals surface area (Å²) in [6.45, 7) is 1.68. The Balaban J connectivity index is 2.45. The molecule has 0 aliphatic heterocycles. The van der Waals surface area contributed by atoms with Crippen molar-refractivity contribution in [2.24, 2.45) is 0 Å². The Morgan fingerprint density at radius 1 is 1.29 bits per heavy atom. The quantitative estimate of drug-likeness (QED) is 0.680. The van der Waals surface area contributed by atoms with Gasteiger partial charge in [-0.05, 0) is 30.7 Å². The van der Waals surface area contributed by atoms with Crippen LogP contribution in [0.25, 0.3) is 0 Å². The van der Waals surface area contributed by atoms with Crippen LogP contribution < -0.4 is 4.74 Å². The Bertz CT molecular complexity index is 729. The molecule has 0 aliphatic rings. The van der Waals surface area contributed by atoms with Crippen LogP contribution in [0.4, 0.5) is 5.69 Å². The van der Waals surface area contributed by atoms with E-state index >= 15 is 0 Å². The number of carboxylic acid groups (broad SMARTS) is 1. The third-order valence-corrected chi connectivity index (χ3v) is 2.88. The average molecular weight is 308 g/mol. The van der Waals surface area contributed by atoms with Gasteiger partial charge in [-0.25, -0.2) is 4.79 Å². The van der Waals surface area contributed by atoms with E-state index in [4.69, 9.17) is 21.4 Å². The Labute approximate surface area is 124 Å². The van der Waals surface area contributed by atoms with E-state index in [1.807, 2.05) is 0 Å². The van der Waals surface area contributed by atoms with Gasteiger partial charge in [0.1, 0.15) is 17.1 Å². The molecule has 2 aromatic carbocycles. The molecule has 0 radical (unpaired) electrons. The van der Waals surface area contributed by atoms with Crippen LogP contribution in [0.5, 0.6) is 11.5 Å². The third kappa shape index (κ3) is 3.49. The number of nitrogens with zero attached hydrogens (tertiary/aromatic N) is 1. The highest BCUT2D eigenvalue weighted by atomic mass is 35.5. The molecular formula is C14H10ClNO5. The number of ether oxygens (including phenoxy) is 1. The molecule has 108 valence electrons. The Kier molecular flexibility index (Phi) is 4.09. The van der Waals surface area contributed by atoms with Crippen molar-refractivity contribution in [2.75, 3.05) is 0 Å². The summed E-state index contributed by atoms with van der Waals surface area (Å²) in [6, 6.07) is 8.27. The van der Waals surface area contributed by atoms with Gasteiger partial charge in [0, 0.05) is 17.2 Å². The van der Waals surface area contributed by atoms with Crippen LogP contribution in [0.15, 0.2) is 36.4 Å². The highest BCUT2D eigenvalue weighted by Gasteiger charge is 2.15. The molecule has 0 spiro atoms. The minimum absolute atomic E-state index is 0.0231. The molecule has 0 unspecified atom stereocenters. The molecule has 6 nitrogen and oxygen atoms in total. The summed E-state index contributed by atoms with van der Waals surface area (Å²) in [7, 11) is 0. The molecule has 0 bridgehead atoms. The molecule has 0 amide bonds. The maximum Gasteiger partial charge on any atom is 0.339 e. The number of nitro groups is 1. The first-order valence-corrected chi connectivity index (χ1v) is 6.21. The van der Waals surface area contributed by atoms with Crippen LogP contribution in [-0.4, -0.2) is 16.0 Å². The number of non-ortho nitro benzene ring substituents is 1. The van der Waals surface area contributed by atoms with Gasteiger partial charge in [0.05, 0.1) is 11.0 Å². The maximum absolute atomic E-state index is 11.1. The topological polar surface area (TPSA) is 89.7 Å². The summed E-state index contributed by atoms with van der Waals surface area (Å²) in [5.74, 6) is -0.981. The molecule has 7 heteroatoms. The van der Waals surface area contributed by atoms with E-state index in [2.05, 4.69) is 0 Å². The van der Waals surface area contributed by atoms with Crippen molar-refractivity contribution >= 4 is 23.3 Å². The normalized spacial score (nSPS) is 10.2. The van der Waals surface area contributed by atoms with Crippen molar-refractivity contribution in [1.29, 1.82) is 0 Å². The molecule has 0 saturated heterocycles. The predicted molar refractivity (Wildman–Crippen MR) is 76.3 cm³/mol. The monoisotopic (exact) mass is 307 g/mol. The Morgan fingerprint density at radius 3 is 2.62 bits per heavy atom. The number of rotatable bonds is 4. The number of hydrogen-bond acceptors (Lipinski definition) is 4. The van der Waals surface area contributed by atoms with Crippen molar-refractivity contribution in [3.63, 3.8) is 0 Å². The first-order chi connectivity index (χ1) is 9.86. The fourth-order valence-corrected chi connectivity index (χ4v) is 1.94. The zero-order valence-electron chi connectivity index (χ0n) is 10.9. The van der Waals surface area contributed by atoms with Crippen molar-refractivity contribution < 1.29 is 19.6 Å². The number of halogens is 1. The second kappa shape index (κ2) is 5.80. The third-order valence-electron chi connectivity index (χ3n) is 2.65. The number of benzene rings is 2. The van der Waals surface area contributed by atoms with Gasteiger partial charge in [0.25, 0.3) is 5.69 Å². The number of aryl methyl sites for hydroxylation is 1. The summed E-state index contributed by atoms with van der Waals surface area (Å²) in [4.78, 5) is 21.4. The molecule has 2 rings (SSSR count). The number of nitro benzene ring substituents is 1. The first kappa shape index (κ1) is 14.8. The van der Waals surface area contributed by atoms with E-state index in [-0.39, 0.29) is 22.7 Å². The molecule has 0 atom stereocenters. The SMILES string of the molecule is Cc1cc(Oc2cc(Cl)ccc2C(=O)O)cc([N+](=O)[O-])c1. The van der Waals surface area contributed by atoms with Crippen LogP contribution in [0, 0.1) is 17.0 Å². The van der Waals surface area contributed by atoms with Gasteiger partial charge in [-0.15, -0.1) is 0 Å². The van der Waals surface area contributed by atoms with E-state index in [1.165, 1.54) is 30.3 Å². The summed E-state index contributed by atoms with van der Waals surface area (Å²) in [5, 5.41) is 20.2. The second-order valence-electron chi connectivity index (χ2n) is 4.31. The van der Waals surface area contributed by atoms with Gasteiger partial charge in [0.2, 0.25) is 0 Å². The summed E-state index contributed by atoms with van der Waals surface area (Å²) in [6.07, 6.45) is 0. The van der Waals surface area contributed by atoms with E-state index in [1.54, 1.807) is 13.0 Å². The lowest BCUT2D eigenvalue weighted by atomic mass is 10.2. The number of carbonyl (C=O) groups is 1. The fraction of sp³-hybridized carbons (Fsp3) is 0.0714. The zero-order valence-corrected chi connectivity index (χ0v) is 11.6. The van der Waals surface area contributed by atoms with Gasteiger partial charge >= 0.3 is 5.97 Å². The Hall–Kier alpha value is -2.60. The van der Waals surface area contributed by atoms with Gasteiger partial charge in [-0.3, -0.25) is 10.1 Å². The minimum atomic E-state index is -1.18. The molecule has 1 N–H and O–H groups in total. The predicted octanol–water partition coefficient (Wildman–Crippen LogP) is 4.05. The Morgan fingerprint density at radius 2 is 2.00 bits per heavy atom. The molecule has 0 aliphatic carbocycles. The summed E-state index contributed by atoms with van der Waals surface area (Å²) < 4.78 is 5.45. The highest BCUT2D eigenvalue weighted by molar-refractivity contribution is 6.30. The smallest absolute Gasteiger partial charge is 0.339 e. The maximum atomic E-state index is 11.1. The molecule has 0 fully saturated rings. The molecular weight excluding hydrogens is 298 g/mol. The molecule has 0 heterocycles. The second-order valence-corrected chi connectivity index (χ2v) is 4.75. The van der Waals surface area contributed by atoms with Gasteiger partial charge < -0.3 is 9.84 Å². The van der Waals surface area contributed by atoms with Crippen molar-refractivity contribution in [1.82, 2.24) is 0 Å². The van der Waals surface area contributed by atoms with E-state index < -0.39 is 10.9 Å². The summed E-state index contributed by atoms with van der Waals surface area (Å²) in [5.41, 5.74) is 0.408. The van der Waals surface area contributed by atoms with Crippen LogP contribution in [0.1, 0.15) is 15.9 Å². The minimum Gasteiger partial charge on any atom is -0.478 e. The van der Waals surface area contributed by atoms with Crippen molar-refractivity contribution in [2.45, 2.75) is 6.92 Å². The van der Waals surface area contributed by atoms with E-state index in [9.17, 15) is 14.9 Å². The van der Waals surface area contributed by atoms with Gasteiger partial charge in [-0.1, -0.05) is 11.6 Å². The van der Waals surface area contributed by atoms with Crippen LogP contribution in [0.3, 0.4) is 0 Å². The van der Waals surface area contributed by atoms with Crippen LogP contribution in [0.2, 0.25) is 5.02 Å². The molecule has 0 saturated carbocycles. The zero-order chi connectivity index (χ0) is 15.6. The van der Waals surface area contributed by atoms with Crippen molar-refractivity contribution in [3.05, 3.63) is 62.7 Å². The lowest BCUT2D eigenvalue weighted by molar-refractivity contribution is -0.385. The van der Waals surface area contributed by atoms with Gasteiger partial charge in [-0.2, -0.15) is 0 Å². The number of carboxylic acids is 1. The first-order valence-electron chi connectivity index (χ1n) is 5.83.